The summed E-state index contributed by atoms with van der Waals surface area (Å²) in [4.78, 5) is 11.5. The number of carbonyl (C=O) groups is 1. The van der Waals surface area contributed by atoms with Crippen LogP contribution in [0, 0.1) is 0 Å². The van der Waals surface area contributed by atoms with Gasteiger partial charge in [0.05, 0.1) is 12.7 Å². The van der Waals surface area contributed by atoms with E-state index in [4.69, 9.17) is 9.47 Å². The minimum absolute atomic E-state index is 0.124. The number of ether oxygens (including phenoxy) is 2. The zero-order valence-electron chi connectivity index (χ0n) is 11.9. The molecule has 1 aromatic carbocycles. The lowest BCUT2D eigenvalue weighted by molar-refractivity contribution is 0.0446. The fraction of sp³-hybridized carbons (Fsp3) is 0.533. The Morgan fingerprint density at radius 2 is 2.15 bits per heavy atom. The quantitative estimate of drug-likeness (QED) is 0.855. The van der Waals surface area contributed by atoms with Gasteiger partial charge in [-0.2, -0.15) is 0 Å². The minimum atomic E-state index is -0.318. The monoisotopic (exact) mass is 341 g/mol. The Morgan fingerprint density at radius 3 is 2.75 bits per heavy atom. The largest absolute Gasteiger partial charge is 0.465 e. The molecule has 1 N–H and O–H groups in total. The summed E-state index contributed by atoms with van der Waals surface area (Å²) >= 11 is 3.51. The summed E-state index contributed by atoms with van der Waals surface area (Å²) in [7, 11) is 1.39. The van der Waals surface area contributed by atoms with E-state index < -0.39 is 0 Å². The summed E-state index contributed by atoms with van der Waals surface area (Å²) in [5.74, 6) is -0.318. The SMILES string of the molecule is COC(=O)c1ccc(CNC2(C)CCOCC2)c(Br)c1. The van der Waals surface area contributed by atoms with Crippen molar-refractivity contribution in [2.75, 3.05) is 20.3 Å². The second kappa shape index (κ2) is 6.70. The van der Waals surface area contributed by atoms with Gasteiger partial charge in [-0.05, 0) is 37.5 Å². The molecule has 0 aliphatic carbocycles. The molecule has 4 nitrogen and oxygen atoms in total. The lowest BCUT2D eigenvalue weighted by Crippen LogP contribution is -2.46. The number of halogens is 1. The fourth-order valence-corrected chi connectivity index (χ4v) is 2.76. The van der Waals surface area contributed by atoms with Crippen LogP contribution in [-0.2, 0) is 16.0 Å². The second-order valence-electron chi connectivity index (χ2n) is 5.32. The van der Waals surface area contributed by atoms with Gasteiger partial charge in [-0.15, -0.1) is 0 Å². The van der Waals surface area contributed by atoms with Crippen molar-refractivity contribution in [2.24, 2.45) is 0 Å². The molecule has 0 bridgehead atoms. The molecule has 20 heavy (non-hydrogen) atoms. The summed E-state index contributed by atoms with van der Waals surface area (Å²) in [6, 6.07) is 5.54. The van der Waals surface area contributed by atoms with Crippen molar-refractivity contribution < 1.29 is 14.3 Å². The van der Waals surface area contributed by atoms with E-state index in [1.807, 2.05) is 6.07 Å². The molecule has 0 radical (unpaired) electrons. The summed E-state index contributed by atoms with van der Waals surface area (Å²) in [5, 5.41) is 3.59. The Morgan fingerprint density at radius 1 is 1.45 bits per heavy atom. The van der Waals surface area contributed by atoms with Crippen molar-refractivity contribution in [3.8, 4) is 0 Å². The third kappa shape index (κ3) is 3.81. The van der Waals surface area contributed by atoms with Crippen LogP contribution in [0.5, 0.6) is 0 Å². The zero-order chi connectivity index (χ0) is 14.6. The van der Waals surface area contributed by atoms with Crippen molar-refractivity contribution in [1.29, 1.82) is 0 Å². The Kier molecular flexibility index (Phi) is 5.18. The molecule has 0 aromatic heterocycles. The van der Waals surface area contributed by atoms with E-state index in [9.17, 15) is 4.79 Å². The number of rotatable bonds is 4. The predicted octanol–water partition coefficient (Wildman–Crippen LogP) is 2.89. The van der Waals surface area contributed by atoms with Crippen LogP contribution in [0.25, 0.3) is 0 Å². The van der Waals surface area contributed by atoms with Gasteiger partial charge in [-0.3, -0.25) is 0 Å². The minimum Gasteiger partial charge on any atom is -0.465 e. The van der Waals surface area contributed by atoms with E-state index in [0.29, 0.717) is 5.56 Å². The van der Waals surface area contributed by atoms with Gasteiger partial charge < -0.3 is 14.8 Å². The maximum absolute atomic E-state index is 11.5. The molecule has 0 spiro atoms. The molecule has 0 unspecified atom stereocenters. The highest BCUT2D eigenvalue weighted by Gasteiger charge is 2.26. The van der Waals surface area contributed by atoms with Crippen molar-refractivity contribution in [3.05, 3.63) is 33.8 Å². The number of nitrogens with one attached hydrogen (secondary N) is 1. The number of carbonyl (C=O) groups excluding carboxylic acids is 1. The molecule has 110 valence electrons. The maximum Gasteiger partial charge on any atom is 0.337 e. The van der Waals surface area contributed by atoms with Crippen LogP contribution in [0.4, 0.5) is 0 Å². The average Bonchev–Trinajstić information content (AvgIpc) is 2.46. The van der Waals surface area contributed by atoms with E-state index >= 15 is 0 Å². The summed E-state index contributed by atoms with van der Waals surface area (Å²) < 4.78 is 11.0. The van der Waals surface area contributed by atoms with Gasteiger partial charge in [0.25, 0.3) is 0 Å². The molecule has 2 rings (SSSR count). The zero-order valence-corrected chi connectivity index (χ0v) is 13.5. The first-order valence-electron chi connectivity index (χ1n) is 6.74. The van der Waals surface area contributed by atoms with E-state index in [0.717, 1.165) is 42.6 Å². The standard InChI is InChI=1S/C15H20BrNO3/c1-15(5-7-20-8-6-15)17-10-12-4-3-11(9-13(12)16)14(18)19-2/h3-4,9,17H,5-8,10H2,1-2H3. The summed E-state index contributed by atoms with van der Waals surface area (Å²) in [6.07, 6.45) is 2.04. The Labute approximate surface area is 128 Å². The first kappa shape index (κ1) is 15.5. The van der Waals surface area contributed by atoms with Crippen LogP contribution in [0.1, 0.15) is 35.7 Å². The van der Waals surface area contributed by atoms with E-state index in [1.165, 1.54) is 7.11 Å². The van der Waals surface area contributed by atoms with Gasteiger partial charge >= 0.3 is 5.97 Å². The molecule has 0 amide bonds. The molecular weight excluding hydrogens is 322 g/mol. The molecule has 1 aromatic rings. The Balaban J connectivity index is 2.01. The first-order valence-corrected chi connectivity index (χ1v) is 7.53. The van der Waals surface area contributed by atoms with Crippen molar-refractivity contribution >= 4 is 21.9 Å². The van der Waals surface area contributed by atoms with Gasteiger partial charge in [0.2, 0.25) is 0 Å². The van der Waals surface area contributed by atoms with Crippen LogP contribution in [0.3, 0.4) is 0 Å². The van der Waals surface area contributed by atoms with Gasteiger partial charge in [-0.25, -0.2) is 4.79 Å². The normalized spacial score (nSPS) is 17.8. The number of esters is 1. The topological polar surface area (TPSA) is 47.6 Å². The molecule has 0 saturated carbocycles. The third-order valence-electron chi connectivity index (χ3n) is 3.78. The highest BCUT2D eigenvalue weighted by molar-refractivity contribution is 9.10. The molecule has 1 aliphatic heterocycles. The molecule has 5 heteroatoms. The Hall–Kier alpha value is -0.910. The lowest BCUT2D eigenvalue weighted by atomic mass is 9.92. The fourth-order valence-electron chi connectivity index (χ4n) is 2.24. The lowest BCUT2D eigenvalue weighted by Gasteiger charge is -2.34. The van der Waals surface area contributed by atoms with Gasteiger partial charge in [0, 0.05) is 29.8 Å². The van der Waals surface area contributed by atoms with Crippen LogP contribution < -0.4 is 5.32 Å². The van der Waals surface area contributed by atoms with E-state index in [1.54, 1.807) is 12.1 Å². The van der Waals surface area contributed by atoms with Crippen molar-refractivity contribution in [2.45, 2.75) is 31.8 Å². The molecule has 1 fully saturated rings. The number of hydrogen-bond donors (Lipinski definition) is 1. The van der Waals surface area contributed by atoms with Crippen LogP contribution in [0.2, 0.25) is 0 Å². The molecule has 1 heterocycles. The predicted molar refractivity (Wildman–Crippen MR) is 80.8 cm³/mol. The highest BCUT2D eigenvalue weighted by atomic mass is 79.9. The first-order chi connectivity index (χ1) is 9.54. The highest BCUT2D eigenvalue weighted by Crippen LogP contribution is 2.23. The average molecular weight is 342 g/mol. The smallest absolute Gasteiger partial charge is 0.337 e. The summed E-state index contributed by atoms with van der Waals surface area (Å²) in [5.41, 5.74) is 1.81. The van der Waals surface area contributed by atoms with Crippen LogP contribution >= 0.6 is 15.9 Å². The molecule has 0 atom stereocenters. The molecule has 1 aliphatic rings. The van der Waals surface area contributed by atoms with Crippen molar-refractivity contribution in [1.82, 2.24) is 5.32 Å². The Bertz CT molecular complexity index is 484. The van der Waals surface area contributed by atoms with Gasteiger partial charge in [0.1, 0.15) is 0 Å². The van der Waals surface area contributed by atoms with Crippen molar-refractivity contribution in [3.63, 3.8) is 0 Å². The third-order valence-corrected chi connectivity index (χ3v) is 4.51. The molecular formula is C15H20BrNO3. The number of hydrogen-bond acceptors (Lipinski definition) is 4. The van der Waals surface area contributed by atoms with Gasteiger partial charge in [-0.1, -0.05) is 22.0 Å². The van der Waals surface area contributed by atoms with Crippen LogP contribution in [0.15, 0.2) is 22.7 Å². The number of methoxy groups -OCH3 is 1. The molecule has 1 saturated heterocycles. The summed E-state index contributed by atoms with van der Waals surface area (Å²) in [6.45, 7) is 4.61. The number of benzene rings is 1. The van der Waals surface area contributed by atoms with E-state index in [-0.39, 0.29) is 11.5 Å². The second-order valence-corrected chi connectivity index (χ2v) is 6.18. The van der Waals surface area contributed by atoms with Gasteiger partial charge in [0.15, 0.2) is 0 Å². The maximum atomic E-state index is 11.5. The van der Waals surface area contributed by atoms with E-state index in [2.05, 4.69) is 28.2 Å². The van der Waals surface area contributed by atoms with Crippen LogP contribution in [-0.4, -0.2) is 31.8 Å².